The van der Waals surface area contributed by atoms with Gasteiger partial charge in [0.2, 0.25) is 0 Å². The molecular formula is C15H21BrO3. The van der Waals surface area contributed by atoms with Gasteiger partial charge in [0.05, 0.1) is 13.2 Å². The molecule has 0 amide bonds. The lowest BCUT2D eigenvalue weighted by Gasteiger charge is -2.35. The van der Waals surface area contributed by atoms with Crippen molar-refractivity contribution in [3.8, 4) is 11.5 Å². The maximum Gasteiger partial charge on any atom is 0.119 e. The second kappa shape index (κ2) is 7.15. The summed E-state index contributed by atoms with van der Waals surface area (Å²) in [4.78, 5) is 0. The molecule has 0 spiro atoms. The topological polar surface area (TPSA) is 27.7 Å². The molecule has 0 atom stereocenters. The molecule has 0 aromatic heterocycles. The van der Waals surface area contributed by atoms with E-state index in [2.05, 4.69) is 15.9 Å². The largest absolute Gasteiger partial charge is 0.494 e. The smallest absolute Gasteiger partial charge is 0.119 e. The second-order valence-electron chi connectivity index (χ2n) is 4.94. The van der Waals surface area contributed by atoms with Gasteiger partial charge in [-0.15, -0.1) is 0 Å². The normalized spacial score (nSPS) is 18.0. The van der Waals surface area contributed by atoms with Crippen molar-refractivity contribution in [1.82, 2.24) is 0 Å². The van der Waals surface area contributed by atoms with Gasteiger partial charge in [0.25, 0.3) is 0 Å². The maximum atomic E-state index is 5.93. The molecular weight excluding hydrogens is 308 g/mol. The van der Waals surface area contributed by atoms with Crippen molar-refractivity contribution in [3.05, 3.63) is 24.3 Å². The number of rotatable bonds is 6. The summed E-state index contributed by atoms with van der Waals surface area (Å²) in [5, 5.41) is 0.959. The first-order valence-corrected chi connectivity index (χ1v) is 7.89. The molecule has 0 saturated carbocycles. The fourth-order valence-electron chi connectivity index (χ4n) is 2.16. The number of hydrogen-bond acceptors (Lipinski definition) is 3. The van der Waals surface area contributed by atoms with Crippen LogP contribution in [0.15, 0.2) is 24.3 Å². The van der Waals surface area contributed by atoms with E-state index < -0.39 is 0 Å². The zero-order chi connectivity index (χ0) is 13.6. The van der Waals surface area contributed by atoms with Gasteiger partial charge < -0.3 is 14.2 Å². The lowest BCUT2D eigenvalue weighted by molar-refractivity contribution is 0.00354. The van der Waals surface area contributed by atoms with Gasteiger partial charge in [-0.3, -0.25) is 0 Å². The molecule has 1 heterocycles. The van der Waals surface area contributed by atoms with Gasteiger partial charge in [0, 0.05) is 24.0 Å². The molecule has 106 valence electrons. The Labute approximate surface area is 123 Å². The Morgan fingerprint density at radius 2 is 1.68 bits per heavy atom. The highest BCUT2D eigenvalue weighted by molar-refractivity contribution is 9.09. The van der Waals surface area contributed by atoms with Crippen LogP contribution in [0.3, 0.4) is 0 Å². The monoisotopic (exact) mass is 328 g/mol. The standard InChI is InChI=1S/C15H21BrO3/c1-2-18-13-3-5-14(6-4-13)19-12-15(11-16)7-9-17-10-8-15/h3-6H,2,7-12H2,1H3. The van der Waals surface area contributed by atoms with Gasteiger partial charge in [-0.05, 0) is 44.0 Å². The van der Waals surface area contributed by atoms with E-state index in [-0.39, 0.29) is 5.41 Å². The Kier molecular flexibility index (Phi) is 5.52. The second-order valence-corrected chi connectivity index (χ2v) is 5.50. The van der Waals surface area contributed by atoms with Crippen molar-refractivity contribution in [2.24, 2.45) is 5.41 Å². The van der Waals surface area contributed by atoms with Crippen LogP contribution in [0.4, 0.5) is 0 Å². The van der Waals surface area contributed by atoms with Crippen LogP contribution in [0.1, 0.15) is 19.8 Å². The number of halogens is 1. The van der Waals surface area contributed by atoms with Gasteiger partial charge in [-0.1, -0.05) is 15.9 Å². The van der Waals surface area contributed by atoms with Crippen molar-refractivity contribution < 1.29 is 14.2 Å². The number of alkyl halides is 1. The third-order valence-electron chi connectivity index (χ3n) is 3.52. The summed E-state index contributed by atoms with van der Waals surface area (Å²) in [6.07, 6.45) is 2.10. The van der Waals surface area contributed by atoms with Crippen LogP contribution in [0.2, 0.25) is 0 Å². The van der Waals surface area contributed by atoms with Crippen LogP contribution in [0.25, 0.3) is 0 Å². The fourth-order valence-corrected chi connectivity index (χ4v) is 2.88. The lowest BCUT2D eigenvalue weighted by Crippen LogP contribution is -2.36. The van der Waals surface area contributed by atoms with E-state index in [1.165, 1.54) is 0 Å². The van der Waals surface area contributed by atoms with E-state index in [0.717, 1.165) is 49.5 Å². The maximum absolute atomic E-state index is 5.93. The first kappa shape index (κ1) is 14.7. The Balaban J connectivity index is 1.89. The molecule has 0 aliphatic carbocycles. The first-order chi connectivity index (χ1) is 9.28. The van der Waals surface area contributed by atoms with Crippen molar-refractivity contribution in [2.45, 2.75) is 19.8 Å². The zero-order valence-corrected chi connectivity index (χ0v) is 12.9. The molecule has 1 saturated heterocycles. The van der Waals surface area contributed by atoms with Gasteiger partial charge in [0.1, 0.15) is 11.5 Å². The predicted molar refractivity (Wildman–Crippen MR) is 79.4 cm³/mol. The summed E-state index contributed by atoms with van der Waals surface area (Å²) in [6.45, 7) is 5.06. The predicted octanol–water partition coefficient (Wildman–Crippen LogP) is 3.66. The summed E-state index contributed by atoms with van der Waals surface area (Å²) >= 11 is 3.62. The van der Waals surface area contributed by atoms with E-state index in [9.17, 15) is 0 Å². The van der Waals surface area contributed by atoms with Gasteiger partial charge >= 0.3 is 0 Å². The van der Waals surface area contributed by atoms with Crippen molar-refractivity contribution >= 4 is 15.9 Å². The van der Waals surface area contributed by atoms with Gasteiger partial charge in [0.15, 0.2) is 0 Å². The fraction of sp³-hybridized carbons (Fsp3) is 0.600. The summed E-state index contributed by atoms with van der Waals surface area (Å²) < 4.78 is 16.8. The molecule has 4 heteroatoms. The van der Waals surface area contributed by atoms with Crippen LogP contribution < -0.4 is 9.47 Å². The third-order valence-corrected chi connectivity index (χ3v) is 4.71. The summed E-state index contributed by atoms with van der Waals surface area (Å²) in [6, 6.07) is 7.83. The SMILES string of the molecule is CCOc1ccc(OCC2(CBr)CCOCC2)cc1. The molecule has 0 radical (unpaired) electrons. The van der Waals surface area contributed by atoms with Crippen LogP contribution in [-0.4, -0.2) is 31.8 Å². The molecule has 1 fully saturated rings. The van der Waals surface area contributed by atoms with E-state index >= 15 is 0 Å². The molecule has 19 heavy (non-hydrogen) atoms. The van der Waals surface area contributed by atoms with Crippen molar-refractivity contribution in [3.63, 3.8) is 0 Å². The molecule has 0 unspecified atom stereocenters. The molecule has 2 rings (SSSR count). The van der Waals surface area contributed by atoms with Crippen LogP contribution in [0, 0.1) is 5.41 Å². The van der Waals surface area contributed by atoms with E-state index in [1.54, 1.807) is 0 Å². The molecule has 3 nitrogen and oxygen atoms in total. The van der Waals surface area contributed by atoms with E-state index in [4.69, 9.17) is 14.2 Å². The minimum absolute atomic E-state index is 0.205. The van der Waals surface area contributed by atoms with Gasteiger partial charge in [-0.25, -0.2) is 0 Å². The Morgan fingerprint density at radius 3 is 2.21 bits per heavy atom. The molecule has 0 N–H and O–H groups in total. The average molecular weight is 329 g/mol. The summed E-state index contributed by atoms with van der Waals surface area (Å²) in [5.41, 5.74) is 0.205. The molecule has 1 aliphatic heterocycles. The summed E-state index contributed by atoms with van der Waals surface area (Å²) in [7, 11) is 0. The highest BCUT2D eigenvalue weighted by Gasteiger charge is 2.32. The number of ether oxygens (including phenoxy) is 3. The molecule has 1 aromatic rings. The minimum atomic E-state index is 0.205. The Hall–Kier alpha value is -0.740. The van der Waals surface area contributed by atoms with E-state index in [1.807, 2.05) is 31.2 Å². The Bertz CT molecular complexity index is 371. The summed E-state index contributed by atoms with van der Waals surface area (Å²) in [5.74, 6) is 1.78. The average Bonchev–Trinajstić information content (AvgIpc) is 2.48. The molecule has 1 aliphatic rings. The molecule has 0 bridgehead atoms. The highest BCUT2D eigenvalue weighted by atomic mass is 79.9. The number of benzene rings is 1. The lowest BCUT2D eigenvalue weighted by atomic mass is 9.83. The van der Waals surface area contributed by atoms with E-state index in [0.29, 0.717) is 6.61 Å². The quantitative estimate of drug-likeness (QED) is 0.746. The zero-order valence-electron chi connectivity index (χ0n) is 11.4. The first-order valence-electron chi connectivity index (χ1n) is 6.77. The van der Waals surface area contributed by atoms with Crippen molar-refractivity contribution in [1.29, 1.82) is 0 Å². The van der Waals surface area contributed by atoms with Crippen LogP contribution >= 0.6 is 15.9 Å². The highest BCUT2D eigenvalue weighted by Crippen LogP contribution is 2.33. The van der Waals surface area contributed by atoms with Gasteiger partial charge in [-0.2, -0.15) is 0 Å². The van der Waals surface area contributed by atoms with Crippen molar-refractivity contribution in [2.75, 3.05) is 31.8 Å². The van der Waals surface area contributed by atoms with Crippen LogP contribution in [0.5, 0.6) is 11.5 Å². The third kappa shape index (κ3) is 4.11. The van der Waals surface area contributed by atoms with Crippen LogP contribution in [-0.2, 0) is 4.74 Å². The Morgan fingerprint density at radius 1 is 1.11 bits per heavy atom. The minimum Gasteiger partial charge on any atom is -0.494 e. The molecule has 1 aromatic carbocycles. The number of hydrogen-bond donors (Lipinski definition) is 0.